The average Bonchev–Trinajstić information content (AvgIpc) is 2.19. The van der Waals surface area contributed by atoms with Crippen LogP contribution >= 0.6 is 0 Å². The van der Waals surface area contributed by atoms with Crippen LogP contribution in [0.5, 0.6) is 5.75 Å². The maximum atomic E-state index is 5.51. The summed E-state index contributed by atoms with van der Waals surface area (Å²) in [5, 5.41) is 0. The number of hydrogen-bond donors (Lipinski definition) is 1. The van der Waals surface area contributed by atoms with Gasteiger partial charge in [-0.15, -0.1) is 0 Å². The minimum atomic E-state index is 0.128. The van der Waals surface area contributed by atoms with Crippen molar-refractivity contribution in [3.63, 3.8) is 0 Å². The van der Waals surface area contributed by atoms with E-state index in [-0.39, 0.29) is 6.04 Å². The molecule has 0 saturated heterocycles. The standard InChI is InChI=1S/C11H17NO2/c1-4-14-11-8-6-5-7-10(11)9(2)12-13-3/h5-9,12H,4H2,1-3H3. The zero-order chi connectivity index (χ0) is 10.4. The van der Waals surface area contributed by atoms with E-state index in [1.807, 2.05) is 38.1 Å². The minimum absolute atomic E-state index is 0.128. The molecule has 78 valence electrons. The molecule has 0 aliphatic rings. The third-order valence-electron chi connectivity index (χ3n) is 1.98. The summed E-state index contributed by atoms with van der Waals surface area (Å²) in [6.45, 7) is 4.68. The van der Waals surface area contributed by atoms with Gasteiger partial charge in [0, 0.05) is 5.56 Å². The topological polar surface area (TPSA) is 30.5 Å². The van der Waals surface area contributed by atoms with E-state index in [0.29, 0.717) is 6.61 Å². The van der Waals surface area contributed by atoms with E-state index >= 15 is 0 Å². The van der Waals surface area contributed by atoms with Crippen LogP contribution in [-0.2, 0) is 4.84 Å². The number of ether oxygens (including phenoxy) is 1. The fraction of sp³-hybridized carbons (Fsp3) is 0.455. The molecule has 3 heteroatoms. The highest BCUT2D eigenvalue weighted by atomic mass is 16.6. The highest BCUT2D eigenvalue weighted by molar-refractivity contribution is 5.35. The third-order valence-corrected chi connectivity index (χ3v) is 1.98. The summed E-state index contributed by atoms with van der Waals surface area (Å²) in [4.78, 5) is 4.89. The summed E-state index contributed by atoms with van der Waals surface area (Å²) in [5.74, 6) is 0.909. The molecule has 0 bridgehead atoms. The summed E-state index contributed by atoms with van der Waals surface area (Å²) < 4.78 is 5.51. The second-order valence-corrected chi connectivity index (χ2v) is 3.01. The quantitative estimate of drug-likeness (QED) is 0.731. The van der Waals surface area contributed by atoms with Gasteiger partial charge in [-0.3, -0.25) is 0 Å². The van der Waals surface area contributed by atoms with Crippen molar-refractivity contribution in [2.45, 2.75) is 19.9 Å². The predicted octanol–water partition coefficient (Wildman–Crippen LogP) is 2.30. The zero-order valence-corrected chi connectivity index (χ0v) is 8.91. The predicted molar refractivity (Wildman–Crippen MR) is 56.2 cm³/mol. The lowest BCUT2D eigenvalue weighted by atomic mass is 10.1. The molecular formula is C11H17NO2. The molecule has 1 aromatic carbocycles. The number of nitrogens with one attached hydrogen (secondary N) is 1. The van der Waals surface area contributed by atoms with Crippen molar-refractivity contribution in [3.8, 4) is 5.75 Å². The van der Waals surface area contributed by atoms with E-state index in [9.17, 15) is 0 Å². The van der Waals surface area contributed by atoms with Gasteiger partial charge in [-0.25, -0.2) is 0 Å². The van der Waals surface area contributed by atoms with E-state index in [1.165, 1.54) is 0 Å². The zero-order valence-electron chi connectivity index (χ0n) is 8.91. The largest absolute Gasteiger partial charge is 0.494 e. The Morgan fingerprint density at radius 2 is 2.07 bits per heavy atom. The Hall–Kier alpha value is -1.06. The lowest BCUT2D eigenvalue weighted by molar-refractivity contribution is 0.0650. The van der Waals surface area contributed by atoms with Crippen LogP contribution in [0.3, 0.4) is 0 Å². The number of rotatable bonds is 5. The first-order valence-electron chi connectivity index (χ1n) is 4.79. The molecule has 1 aromatic rings. The van der Waals surface area contributed by atoms with Crippen molar-refractivity contribution in [1.82, 2.24) is 5.48 Å². The summed E-state index contributed by atoms with van der Waals surface area (Å²) in [6, 6.07) is 8.08. The first kappa shape index (κ1) is 11.0. The summed E-state index contributed by atoms with van der Waals surface area (Å²) in [6.07, 6.45) is 0. The molecule has 0 aromatic heterocycles. The van der Waals surface area contributed by atoms with Crippen LogP contribution in [0.4, 0.5) is 0 Å². The van der Waals surface area contributed by atoms with Crippen molar-refractivity contribution in [2.24, 2.45) is 0 Å². The van der Waals surface area contributed by atoms with Crippen LogP contribution in [0, 0.1) is 0 Å². The van der Waals surface area contributed by atoms with E-state index in [0.717, 1.165) is 11.3 Å². The normalized spacial score (nSPS) is 12.5. The molecule has 14 heavy (non-hydrogen) atoms. The third kappa shape index (κ3) is 2.72. The highest BCUT2D eigenvalue weighted by Crippen LogP contribution is 2.24. The smallest absolute Gasteiger partial charge is 0.124 e. The second kappa shape index (κ2) is 5.62. The van der Waals surface area contributed by atoms with E-state index in [4.69, 9.17) is 9.57 Å². The number of hydrogen-bond acceptors (Lipinski definition) is 3. The summed E-state index contributed by atoms with van der Waals surface area (Å²) >= 11 is 0. The van der Waals surface area contributed by atoms with Gasteiger partial charge in [0.2, 0.25) is 0 Å². The molecule has 0 amide bonds. The molecule has 0 heterocycles. The van der Waals surface area contributed by atoms with Crippen LogP contribution in [0.2, 0.25) is 0 Å². The Balaban J connectivity index is 2.82. The van der Waals surface area contributed by atoms with Crippen LogP contribution in [0.1, 0.15) is 25.5 Å². The van der Waals surface area contributed by atoms with E-state index in [2.05, 4.69) is 5.48 Å². The van der Waals surface area contributed by atoms with Crippen molar-refractivity contribution < 1.29 is 9.57 Å². The van der Waals surface area contributed by atoms with Gasteiger partial charge in [0.25, 0.3) is 0 Å². The maximum Gasteiger partial charge on any atom is 0.124 e. The van der Waals surface area contributed by atoms with Gasteiger partial charge in [-0.05, 0) is 19.9 Å². The fourth-order valence-electron chi connectivity index (χ4n) is 1.37. The molecule has 0 aliphatic heterocycles. The molecule has 1 rings (SSSR count). The number of para-hydroxylation sites is 1. The highest BCUT2D eigenvalue weighted by Gasteiger charge is 2.09. The van der Waals surface area contributed by atoms with Gasteiger partial charge in [-0.2, -0.15) is 5.48 Å². The van der Waals surface area contributed by atoms with Crippen molar-refractivity contribution in [3.05, 3.63) is 29.8 Å². The van der Waals surface area contributed by atoms with Crippen molar-refractivity contribution in [2.75, 3.05) is 13.7 Å². The lowest BCUT2D eigenvalue weighted by Crippen LogP contribution is -2.17. The Morgan fingerprint density at radius 1 is 1.36 bits per heavy atom. The molecular weight excluding hydrogens is 178 g/mol. The Morgan fingerprint density at radius 3 is 2.71 bits per heavy atom. The fourth-order valence-corrected chi connectivity index (χ4v) is 1.37. The minimum Gasteiger partial charge on any atom is -0.494 e. The molecule has 1 N–H and O–H groups in total. The Bertz CT molecular complexity index is 276. The molecule has 3 nitrogen and oxygen atoms in total. The van der Waals surface area contributed by atoms with Gasteiger partial charge in [0.15, 0.2) is 0 Å². The molecule has 1 atom stereocenters. The van der Waals surface area contributed by atoms with Crippen molar-refractivity contribution in [1.29, 1.82) is 0 Å². The van der Waals surface area contributed by atoms with Gasteiger partial charge in [0.1, 0.15) is 5.75 Å². The molecule has 1 unspecified atom stereocenters. The monoisotopic (exact) mass is 195 g/mol. The molecule has 0 radical (unpaired) electrons. The summed E-state index contributed by atoms with van der Waals surface area (Å²) in [7, 11) is 1.61. The first-order chi connectivity index (χ1) is 6.79. The lowest BCUT2D eigenvalue weighted by Gasteiger charge is -2.16. The molecule has 0 saturated carbocycles. The number of benzene rings is 1. The van der Waals surface area contributed by atoms with Crippen molar-refractivity contribution >= 4 is 0 Å². The first-order valence-corrected chi connectivity index (χ1v) is 4.79. The van der Waals surface area contributed by atoms with Crippen LogP contribution in [0.15, 0.2) is 24.3 Å². The molecule has 0 spiro atoms. The Labute approximate surface area is 85.0 Å². The van der Waals surface area contributed by atoms with Crippen LogP contribution in [-0.4, -0.2) is 13.7 Å². The molecule has 0 aliphatic carbocycles. The summed E-state index contributed by atoms with van der Waals surface area (Å²) in [5.41, 5.74) is 3.99. The maximum absolute atomic E-state index is 5.51. The van der Waals surface area contributed by atoms with Crippen LogP contribution < -0.4 is 10.2 Å². The van der Waals surface area contributed by atoms with Crippen LogP contribution in [0.25, 0.3) is 0 Å². The molecule has 0 fully saturated rings. The number of hydroxylamine groups is 1. The van der Waals surface area contributed by atoms with Gasteiger partial charge >= 0.3 is 0 Å². The second-order valence-electron chi connectivity index (χ2n) is 3.01. The van der Waals surface area contributed by atoms with Gasteiger partial charge in [-0.1, -0.05) is 18.2 Å². The average molecular weight is 195 g/mol. The SMILES string of the molecule is CCOc1ccccc1C(C)NOC. The van der Waals surface area contributed by atoms with E-state index in [1.54, 1.807) is 7.11 Å². The van der Waals surface area contributed by atoms with Gasteiger partial charge in [0.05, 0.1) is 19.8 Å². The Kier molecular flexibility index (Phi) is 4.43. The van der Waals surface area contributed by atoms with E-state index < -0.39 is 0 Å². The van der Waals surface area contributed by atoms with Gasteiger partial charge < -0.3 is 9.57 Å².